The summed E-state index contributed by atoms with van der Waals surface area (Å²) in [6.45, 7) is 4.91. The molecule has 1 aromatic carbocycles. The van der Waals surface area contributed by atoms with Crippen molar-refractivity contribution >= 4 is 22.8 Å². The first-order valence-corrected chi connectivity index (χ1v) is 8.92. The minimum Gasteiger partial charge on any atom is -0.337 e. The summed E-state index contributed by atoms with van der Waals surface area (Å²) >= 11 is 0. The molecule has 1 saturated heterocycles. The SMILES string of the molecule is Cc1ccc2[nH]c(-c3cccc(NC(=O)C4(C)CCCN4C)c3)nc2n1. The number of amides is 1. The standard InChI is InChI=1S/C20H23N5O/c1-13-8-9-16-18(21-13)24-17(23-16)14-6-4-7-15(12-14)22-19(26)20(2)10-5-11-25(20)3/h4,6-9,12H,5,10-11H2,1-3H3,(H,22,26)(H,21,23,24). The minimum absolute atomic E-state index is 0.0385. The lowest BCUT2D eigenvalue weighted by atomic mass is 9.98. The molecule has 1 fully saturated rings. The minimum atomic E-state index is -0.448. The zero-order valence-electron chi connectivity index (χ0n) is 15.3. The maximum Gasteiger partial charge on any atom is 0.244 e. The number of hydrogen-bond acceptors (Lipinski definition) is 4. The third-order valence-corrected chi connectivity index (χ3v) is 5.37. The number of nitrogens with one attached hydrogen (secondary N) is 2. The van der Waals surface area contributed by atoms with E-state index in [0.29, 0.717) is 5.65 Å². The van der Waals surface area contributed by atoms with E-state index in [2.05, 4.69) is 25.2 Å². The maximum atomic E-state index is 12.8. The van der Waals surface area contributed by atoms with Crippen LogP contribution in [0.4, 0.5) is 5.69 Å². The monoisotopic (exact) mass is 349 g/mol. The first kappa shape index (κ1) is 16.7. The van der Waals surface area contributed by atoms with E-state index in [4.69, 9.17) is 0 Å². The number of carbonyl (C=O) groups excluding carboxylic acids is 1. The van der Waals surface area contributed by atoms with Gasteiger partial charge in [-0.1, -0.05) is 12.1 Å². The summed E-state index contributed by atoms with van der Waals surface area (Å²) in [5.41, 5.74) is 3.79. The highest BCUT2D eigenvalue weighted by Crippen LogP contribution is 2.29. The van der Waals surface area contributed by atoms with Crippen LogP contribution in [0, 0.1) is 6.92 Å². The van der Waals surface area contributed by atoms with E-state index in [-0.39, 0.29) is 5.91 Å². The zero-order chi connectivity index (χ0) is 18.3. The number of anilines is 1. The summed E-state index contributed by atoms with van der Waals surface area (Å²) < 4.78 is 0. The van der Waals surface area contributed by atoms with E-state index in [1.165, 1.54) is 0 Å². The van der Waals surface area contributed by atoms with Crippen molar-refractivity contribution < 1.29 is 4.79 Å². The van der Waals surface area contributed by atoms with Gasteiger partial charge in [-0.2, -0.15) is 0 Å². The van der Waals surface area contributed by atoms with Crippen LogP contribution in [0.15, 0.2) is 36.4 Å². The van der Waals surface area contributed by atoms with Gasteiger partial charge >= 0.3 is 0 Å². The molecular weight excluding hydrogens is 326 g/mol. The van der Waals surface area contributed by atoms with Crippen molar-refractivity contribution in [3.8, 4) is 11.4 Å². The van der Waals surface area contributed by atoms with Gasteiger partial charge in [-0.05, 0) is 64.5 Å². The van der Waals surface area contributed by atoms with Crippen molar-refractivity contribution in [2.24, 2.45) is 0 Å². The molecule has 6 heteroatoms. The van der Waals surface area contributed by atoms with Crippen LogP contribution in [-0.4, -0.2) is 44.9 Å². The Hall–Kier alpha value is -2.73. The molecule has 134 valence electrons. The van der Waals surface area contributed by atoms with Crippen LogP contribution in [0.2, 0.25) is 0 Å². The van der Waals surface area contributed by atoms with Gasteiger partial charge in [0.05, 0.1) is 11.1 Å². The fourth-order valence-corrected chi connectivity index (χ4v) is 3.52. The van der Waals surface area contributed by atoms with Crippen molar-refractivity contribution in [1.82, 2.24) is 19.9 Å². The maximum absolute atomic E-state index is 12.8. The molecule has 0 bridgehead atoms. The smallest absolute Gasteiger partial charge is 0.244 e. The highest BCUT2D eigenvalue weighted by atomic mass is 16.2. The summed E-state index contributed by atoms with van der Waals surface area (Å²) in [5.74, 6) is 0.787. The molecule has 1 amide bonds. The van der Waals surface area contributed by atoms with Crippen molar-refractivity contribution in [2.45, 2.75) is 32.2 Å². The molecule has 0 aliphatic carbocycles. The first-order chi connectivity index (χ1) is 12.5. The van der Waals surface area contributed by atoms with Gasteiger partial charge in [-0.25, -0.2) is 9.97 Å². The van der Waals surface area contributed by atoms with Crippen LogP contribution in [0.5, 0.6) is 0 Å². The number of benzene rings is 1. The summed E-state index contributed by atoms with van der Waals surface area (Å²) in [5, 5.41) is 3.07. The Morgan fingerprint density at radius 2 is 2.12 bits per heavy atom. The van der Waals surface area contributed by atoms with Crippen LogP contribution in [0.3, 0.4) is 0 Å². The lowest BCUT2D eigenvalue weighted by Gasteiger charge is -2.30. The second-order valence-electron chi connectivity index (χ2n) is 7.24. The Bertz CT molecular complexity index is 979. The first-order valence-electron chi connectivity index (χ1n) is 8.92. The summed E-state index contributed by atoms with van der Waals surface area (Å²) in [6.07, 6.45) is 1.93. The van der Waals surface area contributed by atoms with Crippen LogP contribution < -0.4 is 5.32 Å². The van der Waals surface area contributed by atoms with E-state index >= 15 is 0 Å². The van der Waals surface area contributed by atoms with E-state index in [0.717, 1.165) is 47.7 Å². The Kier molecular flexibility index (Phi) is 4.00. The number of nitrogens with zero attached hydrogens (tertiary/aromatic N) is 3. The largest absolute Gasteiger partial charge is 0.337 e. The van der Waals surface area contributed by atoms with Crippen LogP contribution in [0.25, 0.3) is 22.6 Å². The number of H-pyrrole nitrogens is 1. The number of rotatable bonds is 3. The summed E-state index contributed by atoms with van der Waals surface area (Å²) in [4.78, 5) is 27.2. The number of aromatic nitrogens is 3. The van der Waals surface area contributed by atoms with Gasteiger partial charge in [0.25, 0.3) is 0 Å². The molecule has 2 N–H and O–H groups in total. The number of imidazole rings is 1. The predicted octanol–water partition coefficient (Wildman–Crippen LogP) is 3.36. The molecule has 1 unspecified atom stereocenters. The van der Waals surface area contributed by atoms with Crippen molar-refractivity contribution in [1.29, 1.82) is 0 Å². The van der Waals surface area contributed by atoms with E-state index in [1.54, 1.807) is 0 Å². The summed E-state index contributed by atoms with van der Waals surface area (Å²) in [7, 11) is 2.01. The van der Waals surface area contributed by atoms with Crippen molar-refractivity contribution in [3.63, 3.8) is 0 Å². The van der Waals surface area contributed by atoms with Crippen molar-refractivity contribution in [2.75, 3.05) is 18.9 Å². The molecule has 0 spiro atoms. The molecular formula is C20H23N5O. The number of hydrogen-bond donors (Lipinski definition) is 2. The van der Waals surface area contributed by atoms with Gasteiger partial charge in [-0.3, -0.25) is 9.69 Å². The number of fused-ring (bicyclic) bond motifs is 1. The number of aryl methyl sites for hydroxylation is 1. The van der Waals surface area contributed by atoms with Gasteiger partial charge in [0.2, 0.25) is 5.91 Å². The van der Waals surface area contributed by atoms with Crippen molar-refractivity contribution in [3.05, 3.63) is 42.1 Å². The molecule has 1 aliphatic rings. The highest BCUT2D eigenvalue weighted by Gasteiger charge is 2.40. The second-order valence-corrected chi connectivity index (χ2v) is 7.24. The van der Waals surface area contributed by atoms with Crippen LogP contribution in [0.1, 0.15) is 25.5 Å². The van der Waals surface area contributed by atoms with Crippen LogP contribution >= 0.6 is 0 Å². The Labute approximate surface area is 152 Å². The van der Waals surface area contributed by atoms with Crippen LogP contribution in [-0.2, 0) is 4.79 Å². The molecule has 3 aromatic rings. The number of carbonyl (C=O) groups is 1. The fourth-order valence-electron chi connectivity index (χ4n) is 3.52. The molecule has 6 nitrogen and oxygen atoms in total. The normalized spacial score (nSPS) is 20.6. The number of aromatic amines is 1. The zero-order valence-corrected chi connectivity index (χ0v) is 15.3. The fraction of sp³-hybridized carbons (Fsp3) is 0.350. The average molecular weight is 349 g/mol. The molecule has 4 rings (SSSR count). The predicted molar refractivity (Wildman–Crippen MR) is 103 cm³/mol. The topological polar surface area (TPSA) is 73.9 Å². The number of likely N-dealkylation sites (tertiary alicyclic amines) is 1. The van der Waals surface area contributed by atoms with E-state index in [1.807, 2.05) is 57.3 Å². The molecule has 0 saturated carbocycles. The van der Waals surface area contributed by atoms with Gasteiger partial charge in [0, 0.05) is 16.9 Å². The molecule has 3 heterocycles. The molecule has 2 aromatic heterocycles. The Balaban J connectivity index is 1.61. The highest BCUT2D eigenvalue weighted by molar-refractivity contribution is 5.98. The Morgan fingerprint density at radius 1 is 1.27 bits per heavy atom. The van der Waals surface area contributed by atoms with Gasteiger partial charge in [0.1, 0.15) is 5.82 Å². The van der Waals surface area contributed by atoms with Gasteiger partial charge in [0.15, 0.2) is 5.65 Å². The quantitative estimate of drug-likeness (QED) is 0.760. The average Bonchev–Trinajstić information content (AvgIpc) is 3.19. The third kappa shape index (κ3) is 2.86. The summed E-state index contributed by atoms with van der Waals surface area (Å²) in [6, 6.07) is 11.7. The lowest BCUT2D eigenvalue weighted by molar-refractivity contribution is -0.124. The number of likely N-dealkylation sites (N-methyl/N-ethyl adjacent to an activating group) is 1. The van der Waals surface area contributed by atoms with Gasteiger partial charge in [-0.15, -0.1) is 0 Å². The molecule has 1 aliphatic heterocycles. The molecule has 1 atom stereocenters. The van der Waals surface area contributed by atoms with E-state index < -0.39 is 5.54 Å². The lowest BCUT2D eigenvalue weighted by Crippen LogP contribution is -2.48. The third-order valence-electron chi connectivity index (χ3n) is 5.37. The number of pyridine rings is 1. The Morgan fingerprint density at radius 3 is 2.88 bits per heavy atom. The van der Waals surface area contributed by atoms with E-state index in [9.17, 15) is 4.79 Å². The molecule has 26 heavy (non-hydrogen) atoms. The second kappa shape index (κ2) is 6.21. The molecule has 0 radical (unpaired) electrons. The van der Waals surface area contributed by atoms with Gasteiger partial charge < -0.3 is 10.3 Å².